The molecule has 0 aromatic heterocycles. The number of hydrogen-bond acceptors (Lipinski definition) is 1. The van der Waals surface area contributed by atoms with Crippen LogP contribution in [-0.2, 0) is 4.74 Å². The molecule has 10 aliphatic carbocycles. The van der Waals surface area contributed by atoms with Crippen LogP contribution in [0.5, 0.6) is 0 Å². The van der Waals surface area contributed by atoms with Crippen LogP contribution in [0.15, 0.2) is 0 Å². The summed E-state index contributed by atoms with van der Waals surface area (Å²) in [4.78, 5) is 0. The topological polar surface area (TPSA) is 9.23 Å². The summed E-state index contributed by atoms with van der Waals surface area (Å²) in [6.07, 6.45) is 12.7. The van der Waals surface area contributed by atoms with Crippen molar-refractivity contribution in [2.24, 2.45) is 64.1 Å². The van der Waals surface area contributed by atoms with Gasteiger partial charge in [-0.3, -0.25) is 0 Å². The minimum atomic E-state index is 0.270. The summed E-state index contributed by atoms with van der Waals surface area (Å²) in [6.45, 7) is 3.56. The zero-order valence-electron chi connectivity index (χ0n) is 14.5. The Labute approximate surface area is 139 Å². The Morgan fingerprint density at radius 1 is 0.783 bits per heavy atom. The van der Waals surface area contributed by atoms with E-state index in [0.29, 0.717) is 5.41 Å². The van der Waals surface area contributed by atoms with E-state index in [1.54, 1.807) is 44.9 Å². The van der Waals surface area contributed by atoms with Crippen LogP contribution in [0.3, 0.4) is 0 Å². The highest BCUT2D eigenvalue weighted by Crippen LogP contribution is 2.87. The first-order chi connectivity index (χ1) is 11.1. The lowest BCUT2D eigenvalue weighted by Crippen LogP contribution is -2.81. The van der Waals surface area contributed by atoms with E-state index in [-0.39, 0.29) is 5.60 Å². The Balaban J connectivity index is 1.38. The molecule has 11 fully saturated rings. The van der Waals surface area contributed by atoms with Gasteiger partial charge in [-0.25, -0.2) is 0 Å². The van der Waals surface area contributed by atoms with E-state index >= 15 is 0 Å². The van der Waals surface area contributed by atoms with Crippen molar-refractivity contribution in [2.75, 3.05) is 6.61 Å². The minimum absolute atomic E-state index is 0.270. The van der Waals surface area contributed by atoms with Crippen LogP contribution in [0.2, 0.25) is 0 Å². The first-order valence-electron chi connectivity index (χ1n) is 10.8. The molecular weight excluding hydrogens is 280 g/mol. The van der Waals surface area contributed by atoms with Crippen molar-refractivity contribution in [3.8, 4) is 0 Å². The Kier molecular flexibility index (Phi) is 1.71. The molecule has 7 atom stereocenters. The quantitative estimate of drug-likeness (QED) is 0.692. The summed E-state index contributed by atoms with van der Waals surface area (Å²) in [5.74, 6) is 10.4. The average molecular weight is 310 g/mol. The van der Waals surface area contributed by atoms with Crippen LogP contribution < -0.4 is 0 Å². The van der Waals surface area contributed by atoms with Crippen molar-refractivity contribution >= 4 is 0 Å². The van der Waals surface area contributed by atoms with Gasteiger partial charge in [0.2, 0.25) is 0 Å². The molecule has 11 bridgehead atoms. The summed E-state index contributed by atoms with van der Waals surface area (Å²) in [5, 5.41) is 0. The Morgan fingerprint density at radius 3 is 2.04 bits per heavy atom. The van der Waals surface area contributed by atoms with E-state index in [9.17, 15) is 0 Å². The minimum Gasteiger partial charge on any atom is -0.375 e. The molecule has 10 saturated carbocycles. The molecule has 23 heavy (non-hydrogen) atoms. The molecule has 11 aliphatic rings. The highest BCUT2D eigenvalue weighted by molar-refractivity contribution is 5.30. The fourth-order valence-electron chi connectivity index (χ4n) is 11.8. The van der Waals surface area contributed by atoms with Crippen LogP contribution >= 0.6 is 0 Å². The predicted molar refractivity (Wildman–Crippen MR) is 87.6 cm³/mol. The Hall–Kier alpha value is -0.0400. The van der Waals surface area contributed by atoms with Gasteiger partial charge in [0.15, 0.2) is 0 Å². The molecule has 1 heterocycles. The molecule has 0 amide bonds. The van der Waals surface area contributed by atoms with Crippen LogP contribution in [0.4, 0.5) is 0 Å². The van der Waals surface area contributed by atoms with E-state index < -0.39 is 0 Å². The first-order valence-corrected chi connectivity index (χ1v) is 10.8. The Morgan fingerprint density at radius 2 is 1.43 bits per heavy atom. The molecule has 124 valence electrons. The molecule has 0 radical (unpaired) electrons. The molecule has 11 rings (SSSR count). The summed E-state index contributed by atoms with van der Waals surface area (Å²) >= 11 is 0. The SMILES string of the molecule is CC1(C23CC4C5CC6C7CC8CC6C(C5C2)C(C8)(C3)C74)CCO1. The van der Waals surface area contributed by atoms with Crippen molar-refractivity contribution in [3.05, 3.63) is 0 Å². The van der Waals surface area contributed by atoms with Crippen LogP contribution in [0.1, 0.15) is 58.3 Å². The molecule has 0 aromatic carbocycles. The van der Waals surface area contributed by atoms with E-state index in [1.807, 2.05) is 0 Å². The largest absolute Gasteiger partial charge is 0.375 e. The van der Waals surface area contributed by atoms with Crippen molar-refractivity contribution in [1.29, 1.82) is 0 Å². The van der Waals surface area contributed by atoms with E-state index in [1.165, 1.54) is 36.0 Å². The van der Waals surface area contributed by atoms with Crippen LogP contribution in [-0.4, -0.2) is 12.2 Å². The highest BCUT2D eigenvalue weighted by atomic mass is 16.5. The van der Waals surface area contributed by atoms with E-state index in [0.717, 1.165) is 35.7 Å². The maximum Gasteiger partial charge on any atom is 0.0732 e. The highest BCUT2D eigenvalue weighted by Gasteiger charge is 2.82. The average Bonchev–Trinajstić information content (AvgIpc) is 2.50. The smallest absolute Gasteiger partial charge is 0.0732 e. The molecule has 1 spiro atoms. The molecular formula is C22H30O. The molecule has 1 heteroatoms. The maximum absolute atomic E-state index is 6.35. The van der Waals surface area contributed by atoms with Gasteiger partial charge in [0.25, 0.3) is 0 Å². The lowest BCUT2D eigenvalue weighted by Gasteiger charge is -2.86. The van der Waals surface area contributed by atoms with Gasteiger partial charge in [0, 0.05) is 11.8 Å². The second-order valence-corrected chi connectivity index (χ2v) is 11.7. The van der Waals surface area contributed by atoms with Gasteiger partial charge in [-0.2, -0.15) is 0 Å². The number of ether oxygens (including phenoxy) is 1. The van der Waals surface area contributed by atoms with Gasteiger partial charge in [-0.05, 0) is 111 Å². The molecule has 1 saturated heterocycles. The van der Waals surface area contributed by atoms with Crippen molar-refractivity contribution in [2.45, 2.75) is 63.9 Å². The van der Waals surface area contributed by atoms with Gasteiger partial charge in [-0.15, -0.1) is 0 Å². The normalized spacial score (nSPS) is 77.9. The van der Waals surface area contributed by atoms with Crippen LogP contribution in [0.25, 0.3) is 0 Å². The van der Waals surface area contributed by atoms with Gasteiger partial charge in [0.05, 0.1) is 12.2 Å². The summed E-state index contributed by atoms with van der Waals surface area (Å²) in [5.41, 5.74) is 1.69. The monoisotopic (exact) mass is 310 g/mol. The zero-order valence-corrected chi connectivity index (χ0v) is 14.5. The third-order valence-electron chi connectivity index (χ3n) is 11.8. The third kappa shape index (κ3) is 0.991. The molecule has 0 N–H and O–H groups in total. The Bertz CT molecular complexity index is 600. The third-order valence-corrected chi connectivity index (χ3v) is 11.8. The molecule has 1 nitrogen and oxygen atoms in total. The number of rotatable bonds is 1. The van der Waals surface area contributed by atoms with Gasteiger partial charge >= 0.3 is 0 Å². The van der Waals surface area contributed by atoms with Gasteiger partial charge < -0.3 is 4.74 Å². The summed E-state index contributed by atoms with van der Waals surface area (Å²) in [7, 11) is 0. The van der Waals surface area contributed by atoms with Crippen molar-refractivity contribution in [1.82, 2.24) is 0 Å². The molecule has 0 aromatic rings. The van der Waals surface area contributed by atoms with E-state index in [2.05, 4.69) is 6.92 Å². The molecule has 7 unspecified atom stereocenters. The standard InChI is InChI=1S/C22H30O/c1-20(2-3-23-20)21-8-16-13-6-12-14-4-11-5-15(12)19(17(13)9-21)22(7-11,10-21)18(14)16/h11-19H,2-10H2,1H3. The molecule has 1 aliphatic heterocycles. The van der Waals surface area contributed by atoms with Crippen LogP contribution in [0, 0.1) is 64.1 Å². The summed E-state index contributed by atoms with van der Waals surface area (Å²) < 4.78 is 6.35. The summed E-state index contributed by atoms with van der Waals surface area (Å²) in [6, 6.07) is 0. The van der Waals surface area contributed by atoms with E-state index in [4.69, 9.17) is 4.74 Å². The zero-order chi connectivity index (χ0) is 14.8. The lowest BCUT2D eigenvalue weighted by atomic mass is 9.19. The second kappa shape index (κ2) is 3.19. The van der Waals surface area contributed by atoms with Crippen molar-refractivity contribution < 1.29 is 4.74 Å². The predicted octanol–water partition coefficient (Wildman–Crippen LogP) is 4.51. The first kappa shape index (κ1) is 12.3. The van der Waals surface area contributed by atoms with Gasteiger partial charge in [-0.1, -0.05) is 0 Å². The fraction of sp³-hybridized carbons (Fsp3) is 1.00. The second-order valence-electron chi connectivity index (χ2n) is 11.7. The lowest BCUT2D eigenvalue weighted by molar-refractivity contribution is -0.391. The van der Waals surface area contributed by atoms with Gasteiger partial charge in [0.1, 0.15) is 0 Å². The fourth-order valence-corrected chi connectivity index (χ4v) is 11.8. The number of hydrogen-bond donors (Lipinski definition) is 0. The maximum atomic E-state index is 6.35. The van der Waals surface area contributed by atoms with Crippen molar-refractivity contribution in [3.63, 3.8) is 0 Å².